The van der Waals surface area contributed by atoms with Crippen LogP contribution in [0.2, 0.25) is 0 Å². The maximum Gasteiger partial charge on any atom is 0.0945 e. The average molecular weight is 153 g/mol. The summed E-state index contributed by atoms with van der Waals surface area (Å²) in [6.45, 7) is 3.09. The zero-order valence-corrected chi connectivity index (χ0v) is 6.90. The lowest BCUT2D eigenvalue weighted by molar-refractivity contribution is 0.530. The van der Waals surface area contributed by atoms with Gasteiger partial charge in [0.2, 0.25) is 0 Å². The van der Waals surface area contributed by atoms with Crippen LogP contribution >= 0.6 is 0 Å². The fraction of sp³-hybridized carbons (Fsp3) is 0.625. The van der Waals surface area contributed by atoms with Crippen molar-refractivity contribution in [3.05, 3.63) is 18.7 Å². The second kappa shape index (κ2) is 4.13. The van der Waals surface area contributed by atoms with Gasteiger partial charge in [-0.25, -0.2) is 4.98 Å². The molecule has 0 aliphatic carbocycles. The maximum atomic E-state index is 5.76. The Morgan fingerprint density at radius 2 is 2.45 bits per heavy atom. The lowest BCUT2D eigenvalue weighted by Gasteiger charge is -2.07. The number of rotatable bonds is 4. The summed E-state index contributed by atoms with van der Waals surface area (Å²) in [5.41, 5.74) is 5.76. The molecule has 0 unspecified atom stereocenters. The van der Waals surface area contributed by atoms with Crippen molar-refractivity contribution in [1.29, 1.82) is 0 Å². The Morgan fingerprint density at radius 1 is 1.64 bits per heavy atom. The van der Waals surface area contributed by atoms with E-state index in [1.54, 1.807) is 6.20 Å². The standard InChI is InChI=1S/C8H15N3/c1-2-8(9)3-5-11-6-4-10-7-11/h4,6-8H,2-3,5,9H2,1H3/t8-/m1/s1. The summed E-state index contributed by atoms with van der Waals surface area (Å²) < 4.78 is 2.05. The highest BCUT2D eigenvalue weighted by molar-refractivity contribution is 4.74. The molecule has 1 heterocycles. The van der Waals surface area contributed by atoms with Gasteiger partial charge >= 0.3 is 0 Å². The molecule has 11 heavy (non-hydrogen) atoms. The van der Waals surface area contributed by atoms with Gasteiger partial charge in [-0.15, -0.1) is 0 Å². The molecule has 1 aromatic rings. The average Bonchev–Trinajstić information content (AvgIpc) is 2.52. The first-order chi connectivity index (χ1) is 5.33. The topological polar surface area (TPSA) is 43.8 Å². The van der Waals surface area contributed by atoms with Gasteiger partial charge in [0, 0.05) is 25.0 Å². The van der Waals surface area contributed by atoms with Crippen molar-refractivity contribution in [1.82, 2.24) is 9.55 Å². The first kappa shape index (κ1) is 8.27. The molecule has 0 aliphatic heterocycles. The van der Waals surface area contributed by atoms with Crippen LogP contribution in [-0.4, -0.2) is 15.6 Å². The molecule has 2 N–H and O–H groups in total. The number of hydrogen-bond acceptors (Lipinski definition) is 2. The number of imidazole rings is 1. The molecule has 1 aromatic heterocycles. The fourth-order valence-corrected chi connectivity index (χ4v) is 0.938. The van der Waals surface area contributed by atoms with E-state index in [-0.39, 0.29) is 0 Å². The molecule has 3 heteroatoms. The summed E-state index contributed by atoms with van der Waals surface area (Å²) in [6, 6.07) is 0.331. The van der Waals surface area contributed by atoms with Crippen molar-refractivity contribution in [2.45, 2.75) is 32.4 Å². The number of aryl methyl sites for hydroxylation is 1. The van der Waals surface area contributed by atoms with Crippen LogP contribution in [0.5, 0.6) is 0 Å². The Morgan fingerprint density at radius 3 is 3.00 bits per heavy atom. The van der Waals surface area contributed by atoms with Gasteiger partial charge in [0.1, 0.15) is 0 Å². The van der Waals surface area contributed by atoms with Crippen LogP contribution in [0.4, 0.5) is 0 Å². The third-order valence-electron chi connectivity index (χ3n) is 1.84. The Labute approximate surface area is 67.2 Å². The smallest absolute Gasteiger partial charge is 0.0945 e. The van der Waals surface area contributed by atoms with Crippen molar-refractivity contribution in [2.75, 3.05) is 0 Å². The van der Waals surface area contributed by atoms with E-state index in [0.29, 0.717) is 6.04 Å². The fourth-order valence-electron chi connectivity index (χ4n) is 0.938. The van der Waals surface area contributed by atoms with Crippen LogP contribution < -0.4 is 5.73 Å². The second-order valence-electron chi connectivity index (χ2n) is 2.76. The monoisotopic (exact) mass is 153 g/mol. The van der Waals surface area contributed by atoms with Crippen LogP contribution in [0.25, 0.3) is 0 Å². The Balaban J connectivity index is 2.23. The van der Waals surface area contributed by atoms with Crippen LogP contribution in [0, 0.1) is 0 Å². The molecule has 1 atom stereocenters. The third kappa shape index (κ3) is 2.72. The van der Waals surface area contributed by atoms with E-state index < -0.39 is 0 Å². The zero-order chi connectivity index (χ0) is 8.10. The van der Waals surface area contributed by atoms with Gasteiger partial charge in [-0.3, -0.25) is 0 Å². The Hall–Kier alpha value is -0.830. The van der Waals surface area contributed by atoms with Gasteiger partial charge in [0.25, 0.3) is 0 Å². The van der Waals surface area contributed by atoms with E-state index in [9.17, 15) is 0 Å². The van der Waals surface area contributed by atoms with Crippen molar-refractivity contribution >= 4 is 0 Å². The van der Waals surface area contributed by atoms with Crippen LogP contribution in [-0.2, 0) is 6.54 Å². The molecule has 3 nitrogen and oxygen atoms in total. The van der Waals surface area contributed by atoms with Gasteiger partial charge in [-0.1, -0.05) is 6.92 Å². The van der Waals surface area contributed by atoms with Gasteiger partial charge in [-0.2, -0.15) is 0 Å². The van der Waals surface area contributed by atoms with E-state index in [2.05, 4.69) is 16.5 Å². The van der Waals surface area contributed by atoms with Gasteiger partial charge in [0.05, 0.1) is 6.33 Å². The van der Waals surface area contributed by atoms with Crippen molar-refractivity contribution < 1.29 is 0 Å². The Kier molecular flexibility index (Phi) is 3.11. The summed E-state index contributed by atoms with van der Waals surface area (Å²) in [4.78, 5) is 3.95. The molecule has 62 valence electrons. The second-order valence-corrected chi connectivity index (χ2v) is 2.76. The highest BCUT2D eigenvalue weighted by atomic mass is 15.0. The number of nitrogens with two attached hydrogens (primary N) is 1. The molecule has 0 aromatic carbocycles. The van der Waals surface area contributed by atoms with E-state index in [0.717, 1.165) is 19.4 Å². The highest BCUT2D eigenvalue weighted by Gasteiger charge is 1.97. The summed E-state index contributed by atoms with van der Waals surface area (Å²) >= 11 is 0. The minimum Gasteiger partial charge on any atom is -0.337 e. The summed E-state index contributed by atoms with van der Waals surface area (Å²) in [6.07, 6.45) is 7.66. The minimum absolute atomic E-state index is 0.331. The zero-order valence-electron chi connectivity index (χ0n) is 6.90. The van der Waals surface area contributed by atoms with Gasteiger partial charge < -0.3 is 10.3 Å². The lowest BCUT2D eigenvalue weighted by atomic mass is 10.2. The number of nitrogens with zero attached hydrogens (tertiary/aromatic N) is 2. The molecular formula is C8H15N3. The van der Waals surface area contributed by atoms with Crippen molar-refractivity contribution in [2.24, 2.45) is 5.73 Å². The molecule has 0 spiro atoms. The van der Waals surface area contributed by atoms with Crippen LogP contribution in [0.15, 0.2) is 18.7 Å². The van der Waals surface area contributed by atoms with Crippen molar-refractivity contribution in [3.8, 4) is 0 Å². The van der Waals surface area contributed by atoms with E-state index in [1.807, 2.05) is 12.5 Å². The van der Waals surface area contributed by atoms with E-state index >= 15 is 0 Å². The van der Waals surface area contributed by atoms with Gasteiger partial charge in [-0.05, 0) is 12.8 Å². The third-order valence-corrected chi connectivity index (χ3v) is 1.84. The maximum absolute atomic E-state index is 5.76. The highest BCUT2D eigenvalue weighted by Crippen LogP contribution is 1.96. The molecule has 0 fully saturated rings. The summed E-state index contributed by atoms with van der Waals surface area (Å²) in [7, 11) is 0. The minimum atomic E-state index is 0.331. The van der Waals surface area contributed by atoms with Crippen LogP contribution in [0.3, 0.4) is 0 Å². The molecule has 0 radical (unpaired) electrons. The SMILES string of the molecule is CC[C@@H](N)CCn1ccnc1. The molecule has 0 saturated heterocycles. The first-order valence-corrected chi connectivity index (χ1v) is 4.04. The molecule has 0 amide bonds. The molecule has 1 rings (SSSR count). The summed E-state index contributed by atoms with van der Waals surface area (Å²) in [5, 5.41) is 0. The quantitative estimate of drug-likeness (QED) is 0.701. The van der Waals surface area contributed by atoms with Crippen LogP contribution in [0.1, 0.15) is 19.8 Å². The van der Waals surface area contributed by atoms with E-state index in [1.165, 1.54) is 0 Å². The largest absolute Gasteiger partial charge is 0.337 e. The van der Waals surface area contributed by atoms with Gasteiger partial charge in [0.15, 0.2) is 0 Å². The predicted molar refractivity (Wildman–Crippen MR) is 45.1 cm³/mol. The number of aromatic nitrogens is 2. The molecular weight excluding hydrogens is 138 g/mol. The van der Waals surface area contributed by atoms with Crippen molar-refractivity contribution in [3.63, 3.8) is 0 Å². The lowest BCUT2D eigenvalue weighted by Crippen LogP contribution is -2.20. The number of hydrogen-bond donors (Lipinski definition) is 1. The molecule has 0 bridgehead atoms. The molecule has 0 aliphatic rings. The summed E-state index contributed by atoms with van der Waals surface area (Å²) in [5.74, 6) is 0. The predicted octanol–water partition coefficient (Wildman–Crippen LogP) is 1.01. The first-order valence-electron chi connectivity index (χ1n) is 4.04. The van der Waals surface area contributed by atoms with E-state index in [4.69, 9.17) is 5.73 Å². The normalized spacial score (nSPS) is 13.3. The molecule has 0 saturated carbocycles. The Bertz CT molecular complexity index is 181.